The van der Waals surface area contributed by atoms with Gasteiger partial charge in [0.2, 0.25) is 0 Å². The van der Waals surface area contributed by atoms with Crippen LogP contribution in [0, 0.1) is 0 Å². The molecule has 2 N–H and O–H groups in total. The third kappa shape index (κ3) is 3.47. The number of benzene rings is 1. The molecule has 0 saturated heterocycles. The van der Waals surface area contributed by atoms with E-state index < -0.39 is 0 Å². The zero-order valence-electron chi connectivity index (χ0n) is 11.9. The minimum atomic E-state index is 0.360. The summed E-state index contributed by atoms with van der Waals surface area (Å²) in [5.74, 6) is 0.780. The Kier molecular flexibility index (Phi) is 3.95. The van der Waals surface area contributed by atoms with Gasteiger partial charge in [0.15, 0.2) is 5.82 Å². The van der Waals surface area contributed by atoms with E-state index in [0.717, 1.165) is 30.0 Å². The Morgan fingerprint density at radius 2 is 2.29 bits per heavy atom. The molecule has 0 aliphatic heterocycles. The van der Waals surface area contributed by atoms with Crippen LogP contribution in [0.15, 0.2) is 49.1 Å². The number of anilines is 1. The van der Waals surface area contributed by atoms with E-state index >= 15 is 0 Å². The van der Waals surface area contributed by atoms with Crippen molar-refractivity contribution in [3.05, 3.63) is 49.1 Å². The van der Waals surface area contributed by atoms with Crippen LogP contribution in [0.25, 0.3) is 11.4 Å². The van der Waals surface area contributed by atoms with E-state index in [1.54, 1.807) is 6.20 Å². The van der Waals surface area contributed by atoms with Gasteiger partial charge < -0.3 is 5.32 Å². The topological polar surface area (TPSA) is 71.4 Å². The van der Waals surface area contributed by atoms with Crippen molar-refractivity contribution >= 4 is 5.69 Å². The number of rotatable bonds is 6. The molecular formula is C15H18N6. The van der Waals surface area contributed by atoms with E-state index in [4.69, 9.17) is 0 Å². The molecule has 2 aromatic heterocycles. The van der Waals surface area contributed by atoms with Crippen LogP contribution in [0.3, 0.4) is 0 Å². The summed E-state index contributed by atoms with van der Waals surface area (Å²) in [6, 6.07) is 10.5. The van der Waals surface area contributed by atoms with Gasteiger partial charge in [0, 0.05) is 36.2 Å². The lowest BCUT2D eigenvalue weighted by atomic mass is 10.1. The minimum Gasteiger partial charge on any atom is -0.383 e. The zero-order valence-corrected chi connectivity index (χ0v) is 11.9. The van der Waals surface area contributed by atoms with Gasteiger partial charge >= 0.3 is 0 Å². The Balaban J connectivity index is 1.60. The predicted molar refractivity (Wildman–Crippen MR) is 81.7 cm³/mol. The Hall–Kier alpha value is -2.63. The van der Waals surface area contributed by atoms with Crippen molar-refractivity contribution in [3.8, 4) is 11.4 Å². The molecule has 3 rings (SSSR count). The number of nitrogens with zero attached hydrogens (tertiary/aromatic N) is 4. The monoisotopic (exact) mass is 282 g/mol. The fourth-order valence-corrected chi connectivity index (χ4v) is 2.22. The van der Waals surface area contributed by atoms with E-state index in [1.807, 2.05) is 29.1 Å². The third-order valence-electron chi connectivity index (χ3n) is 3.31. The van der Waals surface area contributed by atoms with Crippen LogP contribution in [-0.4, -0.2) is 31.0 Å². The van der Waals surface area contributed by atoms with Gasteiger partial charge in [-0.05, 0) is 31.5 Å². The van der Waals surface area contributed by atoms with Crippen molar-refractivity contribution < 1.29 is 0 Å². The number of nitrogens with one attached hydrogen (secondary N) is 2. The van der Waals surface area contributed by atoms with Crippen LogP contribution in [-0.2, 0) is 6.54 Å². The number of aromatic nitrogens is 5. The molecule has 2 heterocycles. The molecule has 0 amide bonds. The van der Waals surface area contributed by atoms with Crippen molar-refractivity contribution in [1.29, 1.82) is 0 Å². The summed E-state index contributed by atoms with van der Waals surface area (Å²) in [5, 5.41) is 14.5. The largest absolute Gasteiger partial charge is 0.383 e. The highest BCUT2D eigenvalue weighted by Crippen LogP contribution is 2.19. The fourth-order valence-electron chi connectivity index (χ4n) is 2.22. The number of H-pyrrole nitrogens is 1. The fraction of sp³-hybridized carbons (Fsp3) is 0.267. The third-order valence-corrected chi connectivity index (χ3v) is 3.31. The van der Waals surface area contributed by atoms with E-state index in [1.165, 1.54) is 6.33 Å². The van der Waals surface area contributed by atoms with Crippen molar-refractivity contribution in [1.82, 2.24) is 25.0 Å². The van der Waals surface area contributed by atoms with Crippen LogP contribution in [0.4, 0.5) is 5.69 Å². The van der Waals surface area contributed by atoms with Crippen LogP contribution in [0.2, 0.25) is 0 Å². The summed E-state index contributed by atoms with van der Waals surface area (Å²) in [5.41, 5.74) is 2.11. The summed E-state index contributed by atoms with van der Waals surface area (Å²) in [7, 11) is 0. The summed E-state index contributed by atoms with van der Waals surface area (Å²) in [6.07, 6.45) is 6.31. The van der Waals surface area contributed by atoms with Crippen molar-refractivity contribution in [2.75, 3.05) is 5.32 Å². The molecule has 0 radical (unpaired) electrons. The molecule has 0 aliphatic rings. The highest BCUT2D eigenvalue weighted by molar-refractivity contribution is 5.62. The van der Waals surface area contributed by atoms with Crippen LogP contribution in [0.1, 0.15) is 13.3 Å². The molecule has 0 aliphatic carbocycles. The molecule has 1 aromatic carbocycles. The second-order valence-corrected chi connectivity index (χ2v) is 5.02. The maximum atomic E-state index is 4.21. The standard InChI is InChI=1S/C15H18N6/c1-12(6-9-21-8-3-7-18-21)19-14-5-2-4-13(10-14)15-16-11-17-20-15/h2-5,7-8,10-12,19H,6,9H2,1H3,(H,16,17,20)/t12-/m1/s1. The molecule has 0 saturated carbocycles. The van der Waals surface area contributed by atoms with Crippen LogP contribution < -0.4 is 5.32 Å². The van der Waals surface area contributed by atoms with Gasteiger partial charge in [0.05, 0.1) is 0 Å². The van der Waals surface area contributed by atoms with Crippen molar-refractivity contribution in [2.24, 2.45) is 0 Å². The molecule has 108 valence electrons. The van der Waals surface area contributed by atoms with Gasteiger partial charge in [-0.3, -0.25) is 9.78 Å². The first-order valence-electron chi connectivity index (χ1n) is 7.01. The Morgan fingerprint density at radius 1 is 1.33 bits per heavy atom. The summed E-state index contributed by atoms with van der Waals surface area (Å²) in [6.45, 7) is 3.08. The molecule has 6 heteroatoms. The predicted octanol–water partition coefficient (Wildman–Crippen LogP) is 2.56. The second-order valence-electron chi connectivity index (χ2n) is 5.02. The molecule has 6 nitrogen and oxygen atoms in total. The SMILES string of the molecule is C[C@H](CCn1cccn1)Nc1cccc(-c2ncn[nH]2)c1. The van der Waals surface area contributed by atoms with E-state index in [2.05, 4.69) is 44.7 Å². The van der Waals surface area contributed by atoms with E-state index in [9.17, 15) is 0 Å². The smallest absolute Gasteiger partial charge is 0.155 e. The van der Waals surface area contributed by atoms with Crippen molar-refractivity contribution in [3.63, 3.8) is 0 Å². The van der Waals surface area contributed by atoms with E-state index in [-0.39, 0.29) is 0 Å². The number of hydrogen-bond donors (Lipinski definition) is 2. The molecule has 0 unspecified atom stereocenters. The highest BCUT2D eigenvalue weighted by Gasteiger charge is 2.05. The molecule has 0 spiro atoms. The molecule has 21 heavy (non-hydrogen) atoms. The molecule has 3 aromatic rings. The first kappa shape index (κ1) is 13.4. The van der Waals surface area contributed by atoms with Gasteiger partial charge in [-0.25, -0.2) is 4.98 Å². The van der Waals surface area contributed by atoms with E-state index in [0.29, 0.717) is 6.04 Å². The summed E-state index contributed by atoms with van der Waals surface area (Å²) < 4.78 is 1.95. The van der Waals surface area contributed by atoms with Gasteiger partial charge in [-0.1, -0.05) is 12.1 Å². The molecule has 1 atom stereocenters. The van der Waals surface area contributed by atoms with Gasteiger partial charge in [-0.2, -0.15) is 10.2 Å². The minimum absolute atomic E-state index is 0.360. The Bertz CT molecular complexity index is 659. The lowest BCUT2D eigenvalue weighted by Gasteiger charge is -2.15. The average molecular weight is 282 g/mol. The maximum absolute atomic E-state index is 4.21. The number of aryl methyl sites for hydroxylation is 1. The molecule has 0 fully saturated rings. The molecular weight excluding hydrogens is 264 g/mol. The van der Waals surface area contributed by atoms with Gasteiger partial charge in [-0.15, -0.1) is 0 Å². The molecule has 0 bridgehead atoms. The maximum Gasteiger partial charge on any atom is 0.155 e. The summed E-state index contributed by atoms with van der Waals surface area (Å²) >= 11 is 0. The van der Waals surface area contributed by atoms with Crippen molar-refractivity contribution in [2.45, 2.75) is 25.9 Å². The van der Waals surface area contributed by atoms with Gasteiger partial charge in [0.1, 0.15) is 6.33 Å². The Labute approximate surface area is 123 Å². The van der Waals surface area contributed by atoms with Gasteiger partial charge in [0.25, 0.3) is 0 Å². The summed E-state index contributed by atoms with van der Waals surface area (Å²) in [4.78, 5) is 4.17. The highest BCUT2D eigenvalue weighted by atomic mass is 15.3. The van der Waals surface area contributed by atoms with Crippen LogP contribution in [0.5, 0.6) is 0 Å². The van der Waals surface area contributed by atoms with Crippen LogP contribution >= 0.6 is 0 Å². The lowest BCUT2D eigenvalue weighted by Crippen LogP contribution is -2.17. The number of aromatic amines is 1. The normalized spacial score (nSPS) is 12.2. The Morgan fingerprint density at radius 3 is 3.05 bits per heavy atom. The number of hydrogen-bond acceptors (Lipinski definition) is 4. The average Bonchev–Trinajstić information content (AvgIpc) is 3.19. The second kappa shape index (κ2) is 6.21. The lowest BCUT2D eigenvalue weighted by molar-refractivity contribution is 0.546. The first-order chi connectivity index (χ1) is 10.3. The zero-order chi connectivity index (χ0) is 14.5. The first-order valence-corrected chi connectivity index (χ1v) is 7.01. The quantitative estimate of drug-likeness (QED) is 0.729.